The van der Waals surface area contributed by atoms with E-state index in [1.165, 1.54) is 0 Å². The molecule has 0 fully saturated rings. The molecule has 1 N–H and O–H groups in total. The smallest absolute Gasteiger partial charge is 0.278 e. The molecular formula is C18H18N4O2. The van der Waals surface area contributed by atoms with Crippen LogP contribution in [0.1, 0.15) is 21.7 Å². The van der Waals surface area contributed by atoms with E-state index in [4.69, 9.17) is 4.74 Å². The fraction of sp³-hybridized carbons (Fsp3) is 0.167. The van der Waals surface area contributed by atoms with Gasteiger partial charge in [0.2, 0.25) is 0 Å². The highest BCUT2D eigenvalue weighted by Crippen LogP contribution is 2.18. The molecule has 0 saturated heterocycles. The number of methoxy groups -OCH3 is 1. The Bertz CT molecular complexity index is 843. The second kappa shape index (κ2) is 7.06. The molecule has 0 bridgehead atoms. The number of aromatic nitrogens is 3. The third-order valence-corrected chi connectivity index (χ3v) is 3.65. The number of hydrogen-bond donors (Lipinski definition) is 1. The van der Waals surface area contributed by atoms with Crippen molar-refractivity contribution in [2.45, 2.75) is 13.5 Å². The van der Waals surface area contributed by atoms with Crippen molar-refractivity contribution in [1.82, 2.24) is 15.0 Å². The van der Waals surface area contributed by atoms with Gasteiger partial charge >= 0.3 is 0 Å². The third-order valence-electron chi connectivity index (χ3n) is 3.65. The maximum Gasteiger partial charge on any atom is 0.278 e. The fourth-order valence-electron chi connectivity index (χ4n) is 2.42. The van der Waals surface area contributed by atoms with Gasteiger partial charge in [0.15, 0.2) is 5.69 Å². The van der Waals surface area contributed by atoms with Gasteiger partial charge in [-0.05, 0) is 30.7 Å². The van der Waals surface area contributed by atoms with Crippen molar-refractivity contribution in [3.05, 3.63) is 71.5 Å². The van der Waals surface area contributed by atoms with Crippen LogP contribution in [-0.2, 0) is 11.3 Å². The maximum atomic E-state index is 12.6. The fourth-order valence-corrected chi connectivity index (χ4v) is 2.42. The summed E-state index contributed by atoms with van der Waals surface area (Å²) in [6, 6.07) is 17.1. The molecule has 1 heterocycles. The van der Waals surface area contributed by atoms with E-state index in [-0.39, 0.29) is 18.2 Å². The molecule has 6 nitrogen and oxygen atoms in total. The quantitative estimate of drug-likeness (QED) is 0.784. The lowest BCUT2D eigenvalue weighted by molar-refractivity contribution is 0.101. The van der Waals surface area contributed by atoms with Crippen LogP contribution in [0.4, 0.5) is 5.69 Å². The molecular weight excluding hydrogens is 304 g/mol. The summed E-state index contributed by atoms with van der Waals surface area (Å²) in [5, 5.41) is 11.1. The van der Waals surface area contributed by atoms with E-state index in [1.807, 2.05) is 61.5 Å². The zero-order valence-electron chi connectivity index (χ0n) is 13.6. The van der Waals surface area contributed by atoms with Crippen LogP contribution in [-0.4, -0.2) is 28.0 Å². The van der Waals surface area contributed by atoms with Crippen LogP contribution in [0.2, 0.25) is 0 Å². The highest BCUT2D eigenvalue weighted by atomic mass is 16.5. The van der Waals surface area contributed by atoms with Crippen LogP contribution in [0.15, 0.2) is 54.6 Å². The Morgan fingerprint density at radius 2 is 1.83 bits per heavy atom. The molecule has 0 unspecified atom stereocenters. The van der Waals surface area contributed by atoms with Gasteiger partial charge in [0.05, 0.1) is 12.3 Å². The minimum Gasteiger partial charge on any atom is -0.378 e. The number of nitrogens with zero attached hydrogens (tertiary/aromatic N) is 3. The number of hydrogen-bond acceptors (Lipinski definition) is 4. The zero-order chi connectivity index (χ0) is 16.9. The Balaban J connectivity index is 1.94. The Labute approximate surface area is 140 Å². The largest absolute Gasteiger partial charge is 0.378 e. The van der Waals surface area contributed by atoms with E-state index in [2.05, 4.69) is 15.6 Å². The van der Waals surface area contributed by atoms with Crippen LogP contribution in [0.5, 0.6) is 0 Å². The molecule has 24 heavy (non-hydrogen) atoms. The van der Waals surface area contributed by atoms with Crippen LogP contribution < -0.4 is 5.32 Å². The number of rotatable bonds is 5. The SMILES string of the molecule is COCc1c(C(=O)Nc2ccccc2C)nnn1-c1ccccc1. The topological polar surface area (TPSA) is 69.0 Å². The first-order valence-corrected chi connectivity index (χ1v) is 7.56. The van der Waals surface area contributed by atoms with Crippen LogP contribution in [0.3, 0.4) is 0 Å². The van der Waals surface area contributed by atoms with Crippen molar-refractivity contribution in [1.29, 1.82) is 0 Å². The second-order valence-corrected chi connectivity index (χ2v) is 5.33. The number of anilines is 1. The average molecular weight is 322 g/mol. The number of para-hydroxylation sites is 2. The first kappa shape index (κ1) is 15.9. The normalized spacial score (nSPS) is 10.6. The van der Waals surface area contributed by atoms with E-state index >= 15 is 0 Å². The van der Waals surface area contributed by atoms with E-state index in [9.17, 15) is 4.79 Å². The number of nitrogens with one attached hydrogen (secondary N) is 1. The van der Waals surface area contributed by atoms with Crippen LogP contribution in [0.25, 0.3) is 5.69 Å². The molecule has 0 atom stereocenters. The molecule has 0 saturated carbocycles. The van der Waals surface area contributed by atoms with Gasteiger partial charge in [-0.1, -0.05) is 41.6 Å². The monoisotopic (exact) mass is 322 g/mol. The third kappa shape index (κ3) is 3.18. The second-order valence-electron chi connectivity index (χ2n) is 5.33. The predicted molar refractivity (Wildman–Crippen MR) is 91.2 cm³/mol. The molecule has 2 aromatic carbocycles. The first-order valence-electron chi connectivity index (χ1n) is 7.56. The highest BCUT2D eigenvalue weighted by Gasteiger charge is 2.21. The van der Waals surface area contributed by atoms with Gasteiger partial charge in [-0.15, -0.1) is 5.10 Å². The van der Waals surface area contributed by atoms with Gasteiger partial charge < -0.3 is 10.1 Å². The Hall–Kier alpha value is -2.99. The van der Waals surface area contributed by atoms with Crippen molar-refractivity contribution in [2.75, 3.05) is 12.4 Å². The molecule has 3 aromatic rings. The molecule has 6 heteroatoms. The molecule has 122 valence electrons. The lowest BCUT2D eigenvalue weighted by Crippen LogP contribution is -2.16. The summed E-state index contributed by atoms with van der Waals surface area (Å²) in [6.45, 7) is 2.17. The van der Waals surface area contributed by atoms with Crippen molar-refractivity contribution >= 4 is 11.6 Å². The minimum absolute atomic E-state index is 0.235. The van der Waals surface area contributed by atoms with Gasteiger partial charge in [-0.25, -0.2) is 4.68 Å². The summed E-state index contributed by atoms with van der Waals surface area (Å²) in [4.78, 5) is 12.6. The van der Waals surface area contributed by atoms with Crippen molar-refractivity contribution in [3.8, 4) is 5.69 Å². The molecule has 0 radical (unpaired) electrons. The Kier molecular flexibility index (Phi) is 4.67. The number of amides is 1. The van der Waals surface area contributed by atoms with Gasteiger partial charge in [-0.3, -0.25) is 4.79 Å². The van der Waals surface area contributed by atoms with Gasteiger partial charge in [0.25, 0.3) is 5.91 Å². The summed E-state index contributed by atoms with van der Waals surface area (Å²) in [6.07, 6.45) is 0. The number of aryl methyl sites for hydroxylation is 1. The first-order chi connectivity index (χ1) is 11.7. The van der Waals surface area contributed by atoms with Gasteiger partial charge in [-0.2, -0.15) is 0 Å². The Morgan fingerprint density at radius 1 is 1.12 bits per heavy atom. The minimum atomic E-state index is -0.307. The zero-order valence-corrected chi connectivity index (χ0v) is 13.6. The average Bonchev–Trinajstić information content (AvgIpc) is 3.02. The van der Waals surface area contributed by atoms with Crippen molar-refractivity contribution in [3.63, 3.8) is 0 Å². The molecule has 3 rings (SSSR count). The summed E-state index contributed by atoms with van der Waals surface area (Å²) < 4.78 is 6.85. The van der Waals surface area contributed by atoms with E-state index in [0.29, 0.717) is 5.69 Å². The van der Waals surface area contributed by atoms with Crippen LogP contribution in [0, 0.1) is 6.92 Å². The van der Waals surface area contributed by atoms with Crippen molar-refractivity contribution in [2.24, 2.45) is 0 Å². The predicted octanol–water partition coefficient (Wildman–Crippen LogP) is 2.97. The van der Waals surface area contributed by atoms with Crippen LogP contribution >= 0.6 is 0 Å². The molecule has 0 aliphatic heterocycles. The Morgan fingerprint density at radius 3 is 2.54 bits per heavy atom. The summed E-state index contributed by atoms with van der Waals surface area (Å²) in [5.41, 5.74) is 3.42. The van der Waals surface area contributed by atoms with E-state index < -0.39 is 0 Å². The lowest BCUT2D eigenvalue weighted by atomic mass is 10.2. The van der Waals surface area contributed by atoms with Gasteiger partial charge in [0, 0.05) is 12.8 Å². The molecule has 0 spiro atoms. The molecule has 0 aliphatic carbocycles. The number of ether oxygens (including phenoxy) is 1. The number of benzene rings is 2. The van der Waals surface area contributed by atoms with Gasteiger partial charge in [0.1, 0.15) is 5.69 Å². The highest BCUT2D eigenvalue weighted by molar-refractivity contribution is 6.04. The lowest BCUT2D eigenvalue weighted by Gasteiger charge is -2.09. The van der Waals surface area contributed by atoms with Crippen molar-refractivity contribution < 1.29 is 9.53 Å². The summed E-state index contributed by atoms with van der Waals surface area (Å²) >= 11 is 0. The molecule has 1 aromatic heterocycles. The van der Waals surface area contributed by atoms with E-state index in [1.54, 1.807) is 11.8 Å². The maximum absolute atomic E-state index is 12.6. The summed E-state index contributed by atoms with van der Waals surface area (Å²) in [5.74, 6) is -0.307. The standard InChI is InChI=1S/C18H18N4O2/c1-13-8-6-7-11-15(13)19-18(23)17-16(12-24-2)22(21-20-17)14-9-4-3-5-10-14/h3-11H,12H2,1-2H3,(H,19,23). The number of carbonyl (C=O) groups excluding carboxylic acids is 1. The molecule has 1 amide bonds. The van der Waals surface area contributed by atoms with E-state index in [0.717, 1.165) is 16.9 Å². The number of carbonyl (C=O) groups is 1. The summed E-state index contributed by atoms with van der Waals surface area (Å²) in [7, 11) is 1.57. The molecule has 0 aliphatic rings.